The van der Waals surface area contributed by atoms with Crippen LogP contribution in [0, 0.1) is 13.8 Å². The molecule has 3 rings (SSSR count). The molecule has 0 bridgehead atoms. The van der Waals surface area contributed by atoms with Gasteiger partial charge in [0.05, 0.1) is 6.26 Å². The summed E-state index contributed by atoms with van der Waals surface area (Å²) in [5, 5.41) is 1.38. The number of benzene rings is 2. The van der Waals surface area contributed by atoms with E-state index in [9.17, 15) is 9.59 Å². The summed E-state index contributed by atoms with van der Waals surface area (Å²) >= 11 is 0. The van der Waals surface area contributed by atoms with Crippen molar-refractivity contribution < 1.29 is 14.0 Å². The molecule has 0 spiro atoms. The van der Waals surface area contributed by atoms with Gasteiger partial charge >= 0.3 is 5.91 Å². The quantitative estimate of drug-likeness (QED) is 0.583. The smallest absolute Gasteiger partial charge is 0.305 e. The molecule has 1 N–H and O–H groups in total. The molecule has 3 aromatic rings. The van der Waals surface area contributed by atoms with Crippen LogP contribution in [0.25, 0.3) is 11.1 Å². The first-order valence-corrected chi connectivity index (χ1v) is 10.2. The highest BCUT2D eigenvalue weighted by atomic mass is 16.3. The molecule has 30 heavy (non-hydrogen) atoms. The number of amides is 2. The molecule has 2 aromatic carbocycles. The topological polar surface area (TPSA) is 62.6 Å². The van der Waals surface area contributed by atoms with Crippen molar-refractivity contribution in [3.05, 3.63) is 83.3 Å². The molecule has 0 fully saturated rings. The predicted molar refractivity (Wildman–Crippen MR) is 118 cm³/mol. The van der Waals surface area contributed by atoms with Gasteiger partial charge in [-0.25, -0.2) is 0 Å². The van der Waals surface area contributed by atoms with E-state index in [-0.39, 0.29) is 17.7 Å². The van der Waals surface area contributed by atoms with E-state index < -0.39 is 5.91 Å². The van der Waals surface area contributed by atoms with E-state index in [0.717, 1.165) is 11.1 Å². The highest BCUT2D eigenvalue weighted by Crippen LogP contribution is 2.29. The van der Waals surface area contributed by atoms with Crippen LogP contribution in [-0.2, 0) is 11.2 Å². The Kier molecular flexibility index (Phi) is 6.72. The number of nitrogens with one attached hydrogen (secondary N) is 1. The summed E-state index contributed by atoms with van der Waals surface area (Å²) in [5.74, 6) is -0.396. The van der Waals surface area contributed by atoms with E-state index in [0.29, 0.717) is 12.8 Å². The molecule has 5 heteroatoms. The van der Waals surface area contributed by atoms with Gasteiger partial charge in [-0.3, -0.25) is 20.0 Å². The van der Waals surface area contributed by atoms with Crippen LogP contribution < -0.4 is 5.43 Å². The number of hydrogen-bond acceptors (Lipinski definition) is 3. The van der Waals surface area contributed by atoms with Crippen LogP contribution in [0.2, 0.25) is 0 Å². The van der Waals surface area contributed by atoms with Crippen molar-refractivity contribution in [2.75, 3.05) is 0 Å². The van der Waals surface area contributed by atoms with Crippen LogP contribution in [0.4, 0.5) is 0 Å². The lowest BCUT2D eigenvalue weighted by Gasteiger charge is -2.27. The van der Waals surface area contributed by atoms with E-state index in [1.165, 1.54) is 28.0 Å². The minimum absolute atomic E-state index is 0.138. The summed E-state index contributed by atoms with van der Waals surface area (Å²) in [6, 6.07) is 17.5. The molecular weight excluding hydrogens is 376 g/mol. The molecule has 0 atom stereocenters. The number of hydrazine groups is 1. The Hall–Kier alpha value is -3.34. The number of carbonyl (C=O) groups is 2. The summed E-state index contributed by atoms with van der Waals surface area (Å²) in [7, 11) is 0. The first-order chi connectivity index (χ1) is 14.4. The maximum Gasteiger partial charge on any atom is 0.305 e. The lowest BCUT2D eigenvalue weighted by molar-refractivity contribution is -0.135. The second kappa shape index (κ2) is 9.44. The molecule has 0 radical (unpaired) electrons. The summed E-state index contributed by atoms with van der Waals surface area (Å²) in [6.45, 7) is 7.96. The summed E-state index contributed by atoms with van der Waals surface area (Å²) in [4.78, 5) is 25.2. The average Bonchev–Trinajstić information content (AvgIpc) is 3.27. The molecule has 0 unspecified atom stereocenters. The second-order valence-corrected chi connectivity index (χ2v) is 7.68. The fourth-order valence-electron chi connectivity index (χ4n) is 3.46. The zero-order chi connectivity index (χ0) is 21.7. The summed E-state index contributed by atoms with van der Waals surface area (Å²) in [5.41, 5.74) is 8.59. The van der Waals surface area contributed by atoms with Crippen molar-refractivity contribution >= 4 is 11.8 Å². The first-order valence-electron chi connectivity index (χ1n) is 10.2. The zero-order valence-corrected chi connectivity index (χ0v) is 17.9. The van der Waals surface area contributed by atoms with E-state index in [1.807, 2.05) is 26.0 Å². The molecular formula is C25H28N2O3. The Bertz CT molecular complexity index is 1020. The molecule has 2 amide bonds. The van der Waals surface area contributed by atoms with Crippen LogP contribution in [0.3, 0.4) is 0 Å². The zero-order valence-electron chi connectivity index (χ0n) is 17.9. The van der Waals surface area contributed by atoms with Crippen LogP contribution in [0.5, 0.6) is 0 Å². The first kappa shape index (κ1) is 21.4. The number of rotatable bonds is 6. The molecule has 0 aliphatic heterocycles. The number of furan rings is 1. The van der Waals surface area contributed by atoms with Gasteiger partial charge in [0.1, 0.15) is 0 Å². The van der Waals surface area contributed by atoms with Crippen molar-refractivity contribution in [2.24, 2.45) is 0 Å². The number of carbonyl (C=O) groups excluding carboxylic acids is 2. The Morgan fingerprint density at radius 2 is 1.70 bits per heavy atom. The third-order valence-electron chi connectivity index (χ3n) is 5.27. The minimum atomic E-state index is -0.433. The average molecular weight is 405 g/mol. The largest absolute Gasteiger partial charge is 0.459 e. The molecule has 5 nitrogen and oxygen atoms in total. The van der Waals surface area contributed by atoms with E-state index in [4.69, 9.17) is 4.42 Å². The highest BCUT2D eigenvalue weighted by Gasteiger charge is 2.21. The van der Waals surface area contributed by atoms with Gasteiger partial charge in [0.15, 0.2) is 5.76 Å². The fourth-order valence-corrected chi connectivity index (χ4v) is 3.46. The number of nitrogens with zero attached hydrogens (tertiary/aromatic N) is 1. The van der Waals surface area contributed by atoms with E-state index in [1.54, 1.807) is 12.1 Å². The van der Waals surface area contributed by atoms with Crippen LogP contribution in [-0.4, -0.2) is 22.9 Å². The van der Waals surface area contributed by atoms with Gasteiger partial charge in [-0.1, -0.05) is 42.5 Å². The molecule has 0 saturated carbocycles. The fraction of sp³-hybridized carbons (Fsp3) is 0.280. The van der Waals surface area contributed by atoms with Gasteiger partial charge in [0.2, 0.25) is 5.91 Å². The van der Waals surface area contributed by atoms with Crippen molar-refractivity contribution in [2.45, 2.75) is 46.6 Å². The number of aryl methyl sites for hydroxylation is 2. The maximum atomic E-state index is 12.9. The van der Waals surface area contributed by atoms with Gasteiger partial charge in [-0.15, -0.1) is 0 Å². The van der Waals surface area contributed by atoms with Crippen LogP contribution in [0.1, 0.15) is 47.5 Å². The standard InChI is InChI=1S/C25H28N2O3/c1-17(2)27(26-25(29)23-13-8-16-30-23)24(28)15-14-20-10-5-6-11-22(20)21-12-7-9-18(3)19(21)4/h5-13,16-17H,14-15H2,1-4H3,(H,26,29). The van der Waals surface area contributed by atoms with Crippen molar-refractivity contribution in [3.63, 3.8) is 0 Å². The number of hydrogen-bond donors (Lipinski definition) is 1. The maximum absolute atomic E-state index is 12.9. The predicted octanol–water partition coefficient (Wildman–Crippen LogP) is 5.08. The van der Waals surface area contributed by atoms with E-state index in [2.05, 4.69) is 49.6 Å². The second-order valence-electron chi connectivity index (χ2n) is 7.68. The van der Waals surface area contributed by atoms with Crippen molar-refractivity contribution in [1.82, 2.24) is 10.4 Å². The third-order valence-corrected chi connectivity index (χ3v) is 5.27. The minimum Gasteiger partial charge on any atom is -0.459 e. The Balaban J connectivity index is 1.75. The SMILES string of the molecule is Cc1cccc(-c2ccccc2CCC(=O)N(NC(=O)c2ccco2)C(C)C)c1C. The molecule has 0 aliphatic carbocycles. The highest BCUT2D eigenvalue weighted by molar-refractivity contribution is 5.93. The summed E-state index contributed by atoms with van der Waals surface area (Å²) in [6.07, 6.45) is 2.31. The van der Waals surface area contributed by atoms with Gasteiger partial charge in [-0.05, 0) is 74.1 Å². The third kappa shape index (κ3) is 4.79. The molecule has 0 aliphatic rings. The van der Waals surface area contributed by atoms with Crippen LogP contribution in [0.15, 0.2) is 65.3 Å². The molecule has 156 valence electrons. The Labute approximate surface area is 177 Å². The van der Waals surface area contributed by atoms with Gasteiger partial charge in [0, 0.05) is 12.5 Å². The van der Waals surface area contributed by atoms with Gasteiger partial charge in [-0.2, -0.15) is 0 Å². The lowest BCUT2D eigenvalue weighted by atomic mass is 9.92. The Morgan fingerprint density at radius 3 is 2.40 bits per heavy atom. The van der Waals surface area contributed by atoms with Gasteiger partial charge in [0.25, 0.3) is 0 Å². The molecule has 0 saturated heterocycles. The molecule has 1 heterocycles. The lowest BCUT2D eigenvalue weighted by Crippen LogP contribution is -2.50. The van der Waals surface area contributed by atoms with Crippen molar-refractivity contribution in [3.8, 4) is 11.1 Å². The van der Waals surface area contributed by atoms with Crippen LogP contribution >= 0.6 is 0 Å². The normalized spacial score (nSPS) is 10.8. The van der Waals surface area contributed by atoms with Crippen molar-refractivity contribution in [1.29, 1.82) is 0 Å². The Morgan fingerprint density at radius 1 is 0.967 bits per heavy atom. The van der Waals surface area contributed by atoms with E-state index >= 15 is 0 Å². The summed E-state index contributed by atoms with van der Waals surface area (Å²) < 4.78 is 5.12. The van der Waals surface area contributed by atoms with Gasteiger partial charge < -0.3 is 4.42 Å². The molecule has 1 aromatic heterocycles. The monoisotopic (exact) mass is 404 g/mol.